The van der Waals surface area contributed by atoms with Crippen molar-refractivity contribution in [3.05, 3.63) is 60.7 Å². The Morgan fingerprint density at radius 2 is 1.51 bits per heavy atom. The highest BCUT2D eigenvalue weighted by Crippen LogP contribution is 2.48. The van der Waals surface area contributed by atoms with E-state index in [-0.39, 0.29) is 27.5 Å². The van der Waals surface area contributed by atoms with Gasteiger partial charge in [0.1, 0.15) is 11.4 Å². The Kier molecular flexibility index (Phi) is 6.71. The molecule has 37 heavy (non-hydrogen) atoms. The maximum absolute atomic E-state index is 15.0. The van der Waals surface area contributed by atoms with Crippen molar-refractivity contribution in [3.63, 3.8) is 0 Å². The van der Waals surface area contributed by atoms with Crippen LogP contribution in [0.15, 0.2) is 59.8 Å². The number of sulfonamides is 1. The standard InChI is InChI=1S/C23H20F6N4O3S/c24-18-11-14(5-6-16(18)15-12-31-20(30)32-13-15)17-3-1-2-4-19(17)37(35,36)33-9-7-21(34,8-10-33)22(25,26)23(27,28)29/h1-6,11-13,34H,7-10H2,(H2,30,31,32). The molecular weight excluding hydrogens is 526 g/mol. The number of alkyl halides is 5. The highest BCUT2D eigenvalue weighted by molar-refractivity contribution is 7.89. The molecule has 0 spiro atoms. The summed E-state index contributed by atoms with van der Waals surface area (Å²) in [5.74, 6) is -6.13. The van der Waals surface area contributed by atoms with E-state index < -0.39 is 59.5 Å². The molecule has 3 N–H and O–H groups in total. The number of aromatic nitrogens is 2. The first kappa shape index (κ1) is 26.8. The molecule has 0 radical (unpaired) electrons. The highest BCUT2D eigenvalue weighted by Gasteiger charge is 2.70. The van der Waals surface area contributed by atoms with Gasteiger partial charge >= 0.3 is 12.1 Å². The molecule has 0 aliphatic carbocycles. The summed E-state index contributed by atoms with van der Waals surface area (Å²) in [7, 11) is -4.41. The van der Waals surface area contributed by atoms with Gasteiger partial charge in [0.15, 0.2) is 0 Å². The molecule has 0 saturated carbocycles. The van der Waals surface area contributed by atoms with Crippen molar-refractivity contribution in [1.82, 2.24) is 14.3 Å². The number of hydrogen-bond donors (Lipinski definition) is 2. The maximum atomic E-state index is 15.0. The second-order valence-corrected chi connectivity index (χ2v) is 10.4. The summed E-state index contributed by atoms with van der Waals surface area (Å²) in [6, 6.07) is 9.48. The van der Waals surface area contributed by atoms with E-state index in [9.17, 15) is 39.9 Å². The molecule has 1 fully saturated rings. The number of nitrogens with zero attached hydrogens (tertiary/aromatic N) is 3. The minimum Gasteiger partial charge on any atom is -0.383 e. The zero-order valence-corrected chi connectivity index (χ0v) is 19.7. The molecule has 14 heteroatoms. The number of piperidine rings is 1. The van der Waals surface area contributed by atoms with Crippen LogP contribution in [0, 0.1) is 5.82 Å². The molecule has 4 rings (SSSR count). The van der Waals surface area contributed by atoms with Crippen LogP contribution >= 0.6 is 0 Å². The van der Waals surface area contributed by atoms with Crippen LogP contribution in [0.4, 0.5) is 32.3 Å². The molecule has 0 bridgehead atoms. The third kappa shape index (κ3) is 4.76. The fraction of sp³-hybridized carbons (Fsp3) is 0.304. The van der Waals surface area contributed by atoms with Crippen LogP contribution in [0.2, 0.25) is 0 Å². The Hall–Kier alpha value is -3.23. The molecule has 0 unspecified atom stereocenters. The van der Waals surface area contributed by atoms with E-state index in [1.165, 1.54) is 48.8 Å². The van der Waals surface area contributed by atoms with Gasteiger partial charge in [0, 0.05) is 42.2 Å². The SMILES string of the molecule is Nc1ncc(-c2ccc(-c3ccccc3S(=O)(=O)N3CCC(O)(C(F)(F)C(F)(F)F)CC3)cc2F)cn1. The Morgan fingerprint density at radius 1 is 0.919 bits per heavy atom. The topological polar surface area (TPSA) is 109 Å². The van der Waals surface area contributed by atoms with Gasteiger partial charge in [-0.2, -0.15) is 26.3 Å². The van der Waals surface area contributed by atoms with E-state index in [0.717, 1.165) is 10.4 Å². The lowest BCUT2D eigenvalue weighted by Gasteiger charge is -2.42. The van der Waals surface area contributed by atoms with Gasteiger partial charge in [-0.05, 0) is 30.5 Å². The maximum Gasteiger partial charge on any atom is 0.456 e. The van der Waals surface area contributed by atoms with E-state index in [2.05, 4.69) is 9.97 Å². The largest absolute Gasteiger partial charge is 0.456 e. The van der Waals surface area contributed by atoms with Crippen molar-refractivity contribution in [2.24, 2.45) is 0 Å². The summed E-state index contributed by atoms with van der Waals surface area (Å²) >= 11 is 0. The first-order valence-corrected chi connectivity index (χ1v) is 12.3. The third-order valence-electron chi connectivity index (χ3n) is 6.26. The van der Waals surface area contributed by atoms with Gasteiger partial charge in [0.2, 0.25) is 16.0 Å². The predicted molar refractivity (Wildman–Crippen MR) is 121 cm³/mol. The third-order valence-corrected chi connectivity index (χ3v) is 8.21. The number of hydrogen-bond acceptors (Lipinski definition) is 6. The summed E-state index contributed by atoms with van der Waals surface area (Å²) in [6.45, 7) is -1.55. The Labute approximate surface area is 207 Å². The smallest absolute Gasteiger partial charge is 0.383 e. The number of nitrogens with two attached hydrogens (primary N) is 1. The van der Waals surface area contributed by atoms with Crippen LogP contribution in [0.1, 0.15) is 12.8 Å². The van der Waals surface area contributed by atoms with E-state index in [1.54, 1.807) is 0 Å². The molecule has 0 amide bonds. The minimum absolute atomic E-state index is 0.00168. The van der Waals surface area contributed by atoms with Gasteiger partial charge in [-0.3, -0.25) is 0 Å². The fourth-order valence-corrected chi connectivity index (χ4v) is 5.79. The second kappa shape index (κ2) is 9.26. The molecule has 1 saturated heterocycles. The van der Waals surface area contributed by atoms with Crippen LogP contribution in [-0.2, 0) is 10.0 Å². The summed E-state index contributed by atoms with van der Waals surface area (Å²) < 4.78 is 109. The fourth-order valence-electron chi connectivity index (χ4n) is 4.14. The van der Waals surface area contributed by atoms with E-state index >= 15 is 0 Å². The van der Waals surface area contributed by atoms with Crippen molar-refractivity contribution in [2.75, 3.05) is 18.8 Å². The average Bonchev–Trinajstić information content (AvgIpc) is 2.84. The van der Waals surface area contributed by atoms with Gasteiger partial charge in [0.05, 0.1) is 4.90 Å². The minimum atomic E-state index is -6.00. The van der Waals surface area contributed by atoms with Gasteiger partial charge in [-0.1, -0.05) is 30.3 Å². The Balaban J connectivity index is 1.63. The Morgan fingerprint density at radius 3 is 2.08 bits per heavy atom. The molecule has 1 aromatic heterocycles. The van der Waals surface area contributed by atoms with Crippen molar-refractivity contribution >= 4 is 16.0 Å². The van der Waals surface area contributed by atoms with Crippen molar-refractivity contribution in [2.45, 2.75) is 35.4 Å². The van der Waals surface area contributed by atoms with E-state index in [4.69, 9.17) is 5.73 Å². The zero-order valence-electron chi connectivity index (χ0n) is 18.9. The quantitative estimate of drug-likeness (QED) is 0.464. The molecule has 198 valence electrons. The lowest BCUT2D eigenvalue weighted by atomic mass is 9.85. The average molecular weight is 546 g/mol. The van der Waals surface area contributed by atoms with E-state index in [1.807, 2.05) is 0 Å². The molecule has 2 aromatic carbocycles. The number of nitrogen functional groups attached to an aromatic ring is 1. The van der Waals surface area contributed by atoms with Crippen LogP contribution in [0.3, 0.4) is 0 Å². The lowest BCUT2D eigenvalue weighted by molar-refractivity contribution is -0.346. The number of benzene rings is 2. The van der Waals surface area contributed by atoms with Crippen molar-refractivity contribution < 1.29 is 39.9 Å². The van der Waals surface area contributed by atoms with Gasteiger partial charge < -0.3 is 10.8 Å². The molecule has 2 heterocycles. The van der Waals surface area contributed by atoms with Crippen molar-refractivity contribution in [3.8, 4) is 22.3 Å². The number of aliphatic hydroxyl groups is 1. The molecule has 3 aromatic rings. The van der Waals surface area contributed by atoms with Crippen LogP contribution in [0.25, 0.3) is 22.3 Å². The first-order chi connectivity index (χ1) is 17.2. The molecular formula is C23H20F6N4O3S. The monoisotopic (exact) mass is 546 g/mol. The zero-order chi connectivity index (χ0) is 27.2. The Bertz CT molecular complexity index is 1410. The van der Waals surface area contributed by atoms with Gasteiger partial charge in [-0.15, -0.1) is 0 Å². The van der Waals surface area contributed by atoms with Crippen LogP contribution in [0.5, 0.6) is 0 Å². The van der Waals surface area contributed by atoms with E-state index in [0.29, 0.717) is 5.56 Å². The summed E-state index contributed by atoms with van der Waals surface area (Å²) in [6.07, 6.45) is -5.62. The summed E-state index contributed by atoms with van der Waals surface area (Å²) in [5.41, 5.74) is 2.72. The van der Waals surface area contributed by atoms with Crippen LogP contribution in [-0.4, -0.2) is 58.6 Å². The normalized spacial score (nSPS) is 17.1. The lowest BCUT2D eigenvalue weighted by Crippen LogP contribution is -2.61. The van der Waals surface area contributed by atoms with Gasteiger partial charge in [-0.25, -0.2) is 22.8 Å². The predicted octanol–water partition coefficient (Wildman–Crippen LogP) is 4.25. The molecule has 7 nitrogen and oxygen atoms in total. The number of halogens is 6. The van der Waals surface area contributed by atoms with Gasteiger partial charge in [0.25, 0.3) is 0 Å². The highest BCUT2D eigenvalue weighted by atomic mass is 32.2. The first-order valence-electron chi connectivity index (χ1n) is 10.8. The van der Waals surface area contributed by atoms with Crippen LogP contribution < -0.4 is 5.73 Å². The summed E-state index contributed by atoms with van der Waals surface area (Å²) in [5, 5.41) is 10.0. The number of rotatable bonds is 5. The molecule has 1 aliphatic heterocycles. The second-order valence-electron chi connectivity index (χ2n) is 8.53. The molecule has 1 aliphatic rings. The number of anilines is 1. The van der Waals surface area contributed by atoms with Crippen molar-refractivity contribution in [1.29, 1.82) is 0 Å². The molecule has 0 atom stereocenters. The summed E-state index contributed by atoms with van der Waals surface area (Å²) in [4.78, 5) is 7.30.